The molecule has 0 aliphatic carbocycles. The Bertz CT molecular complexity index is 411. The van der Waals surface area contributed by atoms with Gasteiger partial charge < -0.3 is 10.2 Å². The monoisotopic (exact) mass is 295 g/mol. The predicted molar refractivity (Wildman–Crippen MR) is 82.7 cm³/mol. The molecule has 1 aromatic heterocycles. The highest BCUT2D eigenvalue weighted by atomic mass is 32.1. The summed E-state index contributed by atoms with van der Waals surface area (Å²) in [4.78, 5) is 19.1. The van der Waals surface area contributed by atoms with Crippen molar-refractivity contribution < 1.29 is 4.79 Å². The van der Waals surface area contributed by atoms with Gasteiger partial charge >= 0.3 is 0 Å². The molecule has 1 N–H and O–H groups in total. The van der Waals surface area contributed by atoms with Crippen molar-refractivity contribution >= 4 is 17.2 Å². The van der Waals surface area contributed by atoms with Gasteiger partial charge in [0.25, 0.3) is 0 Å². The second-order valence-electron chi connectivity index (χ2n) is 5.74. The van der Waals surface area contributed by atoms with E-state index in [2.05, 4.69) is 36.0 Å². The number of aromatic nitrogens is 1. The summed E-state index contributed by atoms with van der Waals surface area (Å²) in [5, 5.41) is 6.15. The molecule has 1 atom stereocenters. The standard InChI is InChI=1S/C15H25N3OS/c1-4-13(15-16-7-10-20-15)17-14(19)12-5-8-18(9-6-12)11(2)3/h7,10-13H,4-6,8-9H2,1-3H3,(H,17,19)/t13-/m0/s1. The highest BCUT2D eigenvalue weighted by molar-refractivity contribution is 7.09. The minimum atomic E-state index is 0.0747. The maximum Gasteiger partial charge on any atom is 0.223 e. The van der Waals surface area contributed by atoms with Gasteiger partial charge in [-0.15, -0.1) is 11.3 Å². The van der Waals surface area contributed by atoms with Crippen LogP contribution in [-0.4, -0.2) is 34.9 Å². The zero-order valence-electron chi connectivity index (χ0n) is 12.6. The van der Waals surface area contributed by atoms with Crippen molar-refractivity contribution in [3.8, 4) is 0 Å². The van der Waals surface area contributed by atoms with Crippen molar-refractivity contribution in [2.24, 2.45) is 5.92 Å². The number of piperidine rings is 1. The van der Waals surface area contributed by atoms with Crippen LogP contribution in [0.4, 0.5) is 0 Å². The number of nitrogens with zero attached hydrogens (tertiary/aromatic N) is 2. The Kier molecular flexibility index (Phi) is 5.54. The third-order valence-corrected chi connectivity index (χ3v) is 4.99. The van der Waals surface area contributed by atoms with Crippen LogP contribution in [0.5, 0.6) is 0 Å². The first-order valence-corrected chi connectivity index (χ1v) is 8.43. The summed E-state index contributed by atoms with van der Waals surface area (Å²) in [6.07, 6.45) is 4.64. The van der Waals surface area contributed by atoms with Crippen LogP contribution in [0.3, 0.4) is 0 Å². The second kappa shape index (κ2) is 7.18. The molecule has 0 saturated carbocycles. The van der Waals surface area contributed by atoms with E-state index in [-0.39, 0.29) is 17.9 Å². The quantitative estimate of drug-likeness (QED) is 0.908. The molecule has 1 amide bonds. The third kappa shape index (κ3) is 3.79. The van der Waals surface area contributed by atoms with E-state index in [0.29, 0.717) is 6.04 Å². The first-order chi connectivity index (χ1) is 9.61. The summed E-state index contributed by atoms with van der Waals surface area (Å²) in [5.74, 6) is 0.370. The molecule has 112 valence electrons. The first-order valence-electron chi connectivity index (χ1n) is 7.55. The highest BCUT2D eigenvalue weighted by Crippen LogP contribution is 2.23. The van der Waals surface area contributed by atoms with Crippen molar-refractivity contribution in [1.29, 1.82) is 0 Å². The maximum atomic E-state index is 12.4. The molecule has 1 aromatic rings. The lowest BCUT2D eigenvalue weighted by atomic mass is 9.94. The van der Waals surface area contributed by atoms with Crippen molar-refractivity contribution in [3.63, 3.8) is 0 Å². The SMILES string of the molecule is CC[C@H](NC(=O)C1CCN(C(C)C)CC1)c1nccs1. The van der Waals surface area contributed by atoms with E-state index >= 15 is 0 Å². The van der Waals surface area contributed by atoms with Crippen LogP contribution in [0.2, 0.25) is 0 Å². The van der Waals surface area contributed by atoms with Crippen LogP contribution in [0, 0.1) is 5.92 Å². The molecule has 0 bridgehead atoms. The molecular weight excluding hydrogens is 270 g/mol. The largest absolute Gasteiger partial charge is 0.347 e. The lowest BCUT2D eigenvalue weighted by molar-refractivity contribution is -0.127. The van der Waals surface area contributed by atoms with Crippen LogP contribution in [0.25, 0.3) is 0 Å². The van der Waals surface area contributed by atoms with Crippen molar-refractivity contribution in [3.05, 3.63) is 16.6 Å². The lowest BCUT2D eigenvalue weighted by Gasteiger charge is -2.34. The zero-order chi connectivity index (χ0) is 14.5. The van der Waals surface area contributed by atoms with Crippen LogP contribution in [-0.2, 0) is 4.79 Å². The van der Waals surface area contributed by atoms with Crippen molar-refractivity contribution in [2.45, 2.75) is 52.1 Å². The zero-order valence-corrected chi connectivity index (χ0v) is 13.4. The van der Waals surface area contributed by atoms with Gasteiger partial charge in [-0.2, -0.15) is 0 Å². The highest BCUT2D eigenvalue weighted by Gasteiger charge is 2.27. The molecule has 4 nitrogen and oxygen atoms in total. The minimum absolute atomic E-state index is 0.0747. The Hall–Kier alpha value is -0.940. The molecule has 5 heteroatoms. The van der Waals surface area contributed by atoms with E-state index < -0.39 is 0 Å². The Morgan fingerprint density at radius 3 is 2.70 bits per heavy atom. The smallest absolute Gasteiger partial charge is 0.223 e. The van der Waals surface area contributed by atoms with Gasteiger partial charge in [-0.25, -0.2) is 4.98 Å². The van der Waals surface area contributed by atoms with E-state index in [9.17, 15) is 4.79 Å². The summed E-state index contributed by atoms with van der Waals surface area (Å²) < 4.78 is 0. The van der Waals surface area contributed by atoms with Crippen molar-refractivity contribution in [2.75, 3.05) is 13.1 Å². The maximum absolute atomic E-state index is 12.4. The lowest BCUT2D eigenvalue weighted by Crippen LogP contribution is -2.43. The van der Waals surface area contributed by atoms with Gasteiger partial charge in [-0.3, -0.25) is 4.79 Å². The summed E-state index contributed by atoms with van der Waals surface area (Å²) in [7, 11) is 0. The Balaban J connectivity index is 1.86. The van der Waals surface area contributed by atoms with Gasteiger partial charge in [-0.1, -0.05) is 6.92 Å². The van der Waals surface area contributed by atoms with Gasteiger partial charge in [-0.05, 0) is 46.2 Å². The normalized spacial score (nSPS) is 19.2. The number of nitrogens with one attached hydrogen (secondary N) is 1. The number of amides is 1. The number of carbonyl (C=O) groups is 1. The Labute approximate surface area is 125 Å². The number of hydrogen-bond acceptors (Lipinski definition) is 4. The fourth-order valence-corrected chi connectivity index (χ4v) is 3.49. The summed E-state index contributed by atoms with van der Waals surface area (Å²) in [5.41, 5.74) is 0. The van der Waals surface area contributed by atoms with Gasteiger partial charge in [0.2, 0.25) is 5.91 Å². The molecule has 2 rings (SSSR count). The second-order valence-corrected chi connectivity index (χ2v) is 6.67. The number of rotatable bonds is 5. The topological polar surface area (TPSA) is 45.2 Å². The summed E-state index contributed by atoms with van der Waals surface area (Å²) in [6, 6.07) is 0.656. The van der Waals surface area contributed by atoms with Gasteiger partial charge in [0.15, 0.2) is 0 Å². The Morgan fingerprint density at radius 1 is 1.50 bits per heavy atom. The van der Waals surface area contributed by atoms with E-state index in [1.54, 1.807) is 17.5 Å². The van der Waals surface area contributed by atoms with E-state index in [1.165, 1.54) is 0 Å². The first kappa shape index (κ1) is 15.4. The van der Waals surface area contributed by atoms with E-state index in [0.717, 1.165) is 37.4 Å². The average molecular weight is 295 g/mol. The van der Waals surface area contributed by atoms with Crippen molar-refractivity contribution in [1.82, 2.24) is 15.2 Å². The molecule has 0 spiro atoms. The molecule has 1 aliphatic rings. The molecule has 1 fully saturated rings. The van der Waals surface area contributed by atoms with Crippen LogP contribution >= 0.6 is 11.3 Å². The Morgan fingerprint density at radius 2 is 2.20 bits per heavy atom. The molecule has 1 saturated heterocycles. The summed E-state index contributed by atoms with van der Waals surface area (Å²) >= 11 is 1.61. The van der Waals surface area contributed by atoms with Crippen LogP contribution < -0.4 is 5.32 Å². The van der Waals surface area contributed by atoms with Crippen LogP contribution in [0.15, 0.2) is 11.6 Å². The van der Waals surface area contributed by atoms with Crippen LogP contribution in [0.1, 0.15) is 51.1 Å². The minimum Gasteiger partial charge on any atom is -0.347 e. The number of hydrogen-bond donors (Lipinski definition) is 1. The van der Waals surface area contributed by atoms with Gasteiger partial charge in [0.05, 0.1) is 6.04 Å². The summed E-state index contributed by atoms with van der Waals surface area (Å²) in [6.45, 7) is 8.59. The predicted octanol–water partition coefficient (Wildman–Crippen LogP) is 2.83. The average Bonchev–Trinajstić information content (AvgIpc) is 2.98. The number of thiazole rings is 1. The fraction of sp³-hybridized carbons (Fsp3) is 0.733. The molecule has 0 radical (unpaired) electrons. The molecule has 1 aliphatic heterocycles. The molecular formula is C15H25N3OS. The molecule has 20 heavy (non-hydrogen) atoms. The molecule has 2 heterocycles. The third-order valence-electron chi connectivity index (χ3n) is 4.10. The van der Waals surface area contributed by atoms with Gasteiger partial charge in [0.1, 0.15) is 5.01 Å². The van der Waals surface area contributed by atoms with Gasteiger partial charge in [0, 0.05) is 23.5 Å². The van der Waals surface area contributed by atoms with E-state index in [1.807, 2.05) is 5.38 Å². The van der Waals surface area contributed by atoms with E-state index in [4.69, 9.17) is 0 Å². The fourth-order valence-electron chi connectivity index (χ4n) is 2.71. The number of carbonyl (C=O) groups excluding carboxylic acids is 1. The number of likely N-dealkylation sites (tertiary alicyclic amines) is 1. The molecule has 0 unspecified atom stereocenters. The molecule has 0 aromatic carbocycles.